The Morgan fingerprint density at radius 1 is 1.47 bits per heavy atom. The van der Waals surface area contributed by atoms with Gasteiger partial charge in [0.15, 0.2) is 5.58 Å². The summed E-state index contributed by atoms with van der Waals surface area (Å²) in [6, 6.07) is 7.52. The molecule has 1 aromatic carbocycles. The Labute approximate surface area is 103 Å². The van der Waals surface area contributed by atoms with Crippen LogP contribution < -0.4 is 5.43 Å². The van der Waals surface area contributed by atoms with Gasteiger partial charge in [-0.05, 0) is 12.1 Å². The smallest absolute Gasteiger partial charge is 0.257 e. The number of hydrogen-bond acceptors (Lipinski definition) is 5. The molecule has 90 valence electrons. The molecule has 0 spiro atoms. The zero-order valence-electron chi connectivity index (χ0n) is 9.64. The molecule has 17 heavy (non-hydrogen) atoms. The molecule has 2 aromatic rings. The van der Waals surface area contributed by atoms with E-state index in [1.807, 2.05) is 24.3 Å². The number of hydrogen-bond donors (Lipinski definition) is 1. The SMILES string of the molecule is CN(C)NC(=O)CSc1nc2ccccc2o1. The Morgan fingerprint density at radius 2 is 2.24 bits per heavy atom. The van der Waals surface area contributed by atoms with Crippen molar-refractivity contribution in [2.24, 2.45) is 0 Å². The normalized spacial score (nSPS) is 11.0. The number of fused-ring (bicyclic) bond motifs is 1. The van der Waals surface area contributed by atoms with Crippen molar-refractivity contribution >= 4 is 28.8 Å². The highest BCUT2D eigenvalue weighted by Crippen LogP contribution is 2.22. The van der Waals surface area contributed by atoms with Gasteiger partial charge in [-0.3, -0.25) is 10.2 Å². The lowest BCUT2D eigenvalue weighted by atomic mass is 10.3. The summed E-state index contributed by atoms with van der Waals surface area (Å²) in [6.45, 7) is 0. The van der Waals surface area contributed by atoms with Crippen LogP contribution in [0.3, 0.4) is 0 Å². The number of thioether (sulfide) groups is 1. The Hall–Kier alpha value is -1.53. The fourth-order valence-corrected chi connectivity index (χ4v) is 1.95. The third kappa shape index (κ3) is 3.21. The number of nitrogens with zero attached hydrogens (tertiary/aromatic N) is 2. The zero-order valence-corrected chi connectivity index (χ0v) is 10.5. The van der Waals surface area contributed by atoms with Crippen LogP contribution in [0.5, 0.6) is 0 Å². The summed E-state index contributed by atoms with van der Waals surface area (Å²) in [5.41, 5.74) is 4.20. The van der Waals surface area contributed by atoms with Crippen LogP contribution in [0.2, 0.25) is 0 Å². The number of hydrazine groups is 1. The van der Waals surface area contributed by atoms with E-state index in [9.17, 15) is 4.79 Å². The van der Waals surface area contributed by atoms with Crippen molar-refractivity contribution in [2.45, 2.75) is 5.22 Å². The van der Waals surface area contributed by atoms with Crippen LogP contribution in [0, 0.1) is 0 Å². The Kier molecular flexibility index (Phi) is 3.65. The summed E-state index contributed by atoms with van der Waals surface area (Å²) < 4.78 is 5.48. The van der Waals surface area contributed by atoms with Gasteiger partial charge in [-0.2, -0.15) is 0 Å². The number of amides is 1. The molecule has 0 unspecified atom stereocenters. The molecular weight excluding hydrogens is 238 g/mol. The lowest BCUT2D eigenvalue weighted by Gasteiger charge is -2.10. The maximum absolute atomic E-state index is 11.4. The van der Waals surface area contributed by atoms with Gasteiger partial charge in [0, 0.05) is 14.1 Å². The maximum Gasteiger partial charge on any atom is 0.257 e. The summed E-state index contributed by atoms with van der Waals surface area (Å²) in [5.74, 6) is 0.201. The first-order valence-corrected chi connectivity index (χ1v) is 6.09. The molecule has 5 nitrogen and oxygen atoms in total. The topological polar surface area (TPSA) is 58.4 Å². The largest absolute Gasteiger partial charge is 0.431 e. The summed E-state index contributed by atoms with van der Waals surface area (Å²) >= 11 is 1.28. The van der Waals surface area contributed by atoms with Crippen molar-refractivity contribution < 1.29 is 9.21 Å². The van der Waals surface area contributed by atoms with Gasteiger partial charge in [0.05, 0.1) is 5.75 Å². The van der Waals surface area contributed by atoms with Gasteiger partial charge in [-0.15, -0.1) is 0 Å². The van der Waals surface area contributed by atoms with E-state index in [0.717, 1.165) is 11.1 Å². The van der Waals surface area contributed by atoms with Crippen molar-refractivity contribution in [3.05, 3.63) is 24.3 Å². The number of benzene rings is 1. The molecule has 0 aliphatic rings. The second-order valence-corrected chi connectivity index (χ2v) is 4.59. The molecule has 2 rings (SSSR count). The van der Waals surface area contributed by atoms with E-state index < -0.39 is 0 Å². The second kappa shape index (κ2) is 5.20. The van der Waals surface area contributed by atoms with Crippen LogP contribution in [0.1, 0.15) is 0 Å². The third-order valence-electron chi connectivity index (χ3n) is 1.95. The van der Waals surface area contributed by atoms with Gasteiger partial charge in [0.2, 0.25) is 5.91 Å². The van der Waals surface area contributed by atoms with E-state index in [-0.39, 0.29) is 11.7 Å². The summed E-state index contributed by atoms with van der Waals surface area (Å²) in [6.07, 6.45) is 0. The third-order valence-corrected chi connectivity index (χ3v) is 2.78. The molecule has 6 heteroatoms. The molecule has 1 amide bonds. The predicted octanol–water partition coefficient (Wildman–Crippen LogP) is 1.51. The average Bonchev–Trinajstić information content (AvgIpc) is 2.68. The van der Waals surface area contributed by atoms with E-state index in [1.165, 1.54) is 11.8 Å². The van der Waals surface area contributed by atoms with Crippen molar-refractivity contribution in [1.29, 1.82) is 0 Å². The van der Waals surface area contributed by atoms with Crippen LogP contribution in [0.15, 0.2) is 33.9 Å². The first kappa shape index (κ1) is 11.9. The van der Waals surface area contributed by atoms with Crippen LogP contribution in [0.4, 0.5) is 0 Å². The van der Waals surface area contributed by atoms with Gasteiger partial charge in [-0.25, -0.2) is 9.99 Å². The summed E-state index contributed by atoms with van der Waals surface area (Å²) in [7, 11) is 3.53. The van der Waals surface area contributed by atoms with E-state index >= 15 is 0 Å². The number of aromatic nitrogens is 1. The molecule has 0 aliphatic carbocycles. The maximum atomic E-state index is 11.4. The van der Waals surface area contributed by atoms with Gasteiger partial charge < -0.3 is 4.42 Å². The van der Waals surface area contributed by atoms with Crippen molar-refractivity contribution in [3.8, 4) is 0 Å². The van der Waals surface area contributed by atoms with Crippen LogP contribution in [0.25, 0.3) is 11.1 Å². The minimum atomic E-state index is -0.0812. The summed E-state index contributed by atoms with van der Waals surface area (Å²) in [4.78, 5) is 15.7. The monoisotopic (exact) mass is 251 g/mol. The molecule has 0 atom stereocenters. The van der Waals surface area contributed by atoms with E-state index in [1.54, 1.807) is 19.1 Å². The fourth-order valence-electron chi connectivity index (χ4n) is 1.32. The fraction of sp³-hybridized carbons (Fsp3) is 0.273. The molecule has 0 aliphatic heterocycles. The van der Waals surface area contributed by atoms with E-state index in [2.05, 4.69) is 10.4 Å². The number of para-hydroxylation sites is 2. The Balaban J connectivity index is 1.97. The molecule has 0 saturated heterocycles. The van der Waals surface area contributed by atoms with E-state index in [0.29, 0.717) is 5.22 Å². The molecule has 1 N–H and O–H groups in total. The van der Waals surface area contributed by atoms with Crippen molar-refractivity contribution in [3.63, 3.8) is 0 Å². The highest BCUT2D eigenvalue weighted by molar-refractivity contribution is 7.99. The Morgan fingerprint density at radius 3 is 2.94 bits per heavy atom. The van der Waals surface area contributed by atoms with Crippen molar-refractivity contribution in [2.75, 3.05) is 19.8 Å². The second-order valence-electron chi connectivity index (χ2n) is 3.67. The molecule has 0 radical (unpaired) electrons. The van der Waals surface area contributed by atoms with E-state index in [4.69, 9.17) is 4.42 Å². The van der Waals surface area contributed by atoms with Crippen LogP contribution in [-0.4, -0.2) is 35.7 Å². The molecule has 0 fully saturated rings. The lowest BCUT2D eigenvalue weighted by Crippen LogP contribution is -2.37. The summed E-state index contributed by atoms with van der Waals surface area (Å²) in [5, 5.41) is 2.12. The minimum Gasteiger partial charge on any atom is -0.431 e. The molecule has 0 bridgehead atoms. The quantitative estimate of drug-likeness (QED) is 0.659. The number of oxazole rings is 1. The first-order chi connectivity index (χ1) is 8.15. The number of carbonyl (C=O) groups excluding carboxylic acids is 1. The molecule has 1 heterocycles. The Bertz CT molecular complexity index is 491. The van der Waals surface area contributed by atoms with Crippen molar-refractivity contribution in [1.82, 2.24) is 15.4 Å². The zero-order chi connectivity index (χ0) is 12.3. The van der Waals surface area contributed by atoms with Gasteiger partial charge in [0.1, 0.15) is 5.52 Å². The first-order valence-electron chi connectivity index (χ1n) is 5.10. The molecule has 0 saturated carbocycles. The van der Waals surface area contributed by atoms with Gasteiger partial charge in [0.25, 0.3) is 5.22 Å². The molecule has 1 aromatic heterocycles. The minimum absolute atomic E-state index is 0.0812. The van der Waals surface area contributed by atoms with Gasteiger partial charge >= 0.3 is 0 Å². The lowest BCUT2D eigenvalue weighted by molar-refractivity contribution is -0.122. The highest BCUT2D eigenvalue weighted by Gasteiger charge is 2.08. The van der Waals surface area contributed by atoms with Crippen LogP contribution >= 0.6 is 11.8 Å². The van der Waals surface area contributed by atoms with Crippen LogP contribution in [-0.2, 0) is 4.79 Å². The standard InChI is InChI=1S/C11H13N3O2S/c1-14(2)13-10(15)7-17-11-12-8-5-3-4-6-9(8)16-11/h3-6H,7H2,1-2H3,(H,13,15). The molecular formula is C11H13N3O2S. The number of rotatable bonds is 4. The number of carbonyl (C=O) groups is 1. The van der Waals surface area contributed by atoms with Gasteiger partial charge in [-0.1, -0.05) is 23.9 Å². The highest BCUT2D eigenvalue weighted by atomic mass is 32.2. The number of nitrogens with one attached hydrogen (secondary N) is 1. The average molecular weight is 251 g/mol. The predicted molar refractivity (Wildman–Crippen MR) is 66.6 cm³/mol.